The van der Waals surface area contributed by atoms with Crippen LogP contribution in [0.3, 0.4) is 0 Å². The zero-order valence-corrected chi connectivity index (χ0v) is 19.4. The Balaban J connectivity index is 1.32. The Morgan fingerprint density at radius 1 is 1.18 bits per heavy atom. The highest BCUT2D eigenvalue weighted by molar-refractivity contribution is 5.71. The van der Waals surface area contributed by atoms with E-state index in [-0.39, 0.29) is 29.4 Å². The van der Waals surface area contributed by atoms with Crippen molar-refractivity contribution in [2.24, 2.45) is 5.92 Å². The molecular formula is C25H31N3O5. The van der Waals surface area contributed by atoms with Crippen molar-refractivity contribution in [2.45, 2.75) is 81.8 Å². The lowest BCUT2D eigenvalue weighted by molar-refractivity contribution is -0.145. The van der Waals surface area contributed by atoms with Gasteiger partial charge in [-0.3, -0.25) is 4.79 Å². The van der Waals surface area contributed by atoms with E-state index in [0.717, 1.165) is 19.3 Å². The molecule has 176 valence electrons. The number of amides is 1. The molecule has 8 heteroatoms. The molecule has 5 rings (SSSR count). The van der Waals surface area contributed by atoms with Crippen molar-refractivity contribution in [3.8, 4) is 0 Å². The average molecular weight is 454 g/mol. The minimum absolute atomic E-state index is 0.0102. The van der Waals surface area contributed by atoms with E-state index in [1.165, 1.54) is 5.56 Å². The number of hydrogen-bond donors (Lipinski definition) is 1. The lowest BCUT2D eigenvalue weighted by Gasteiger charge is -2.30. The van der Waals surface area contributed by atoms with Gasteiger partial charge in [0.25, 0.3) is 0 Å². The average Bonchev–Trinajstić information content (AvgIpc) is 3.62. The molecule has 2 aromatic rings. The molecule has 3 saturated carbocycles. The van der Waals surface area contributed by atoms with Crippen LogP contribution in [0.5, 0.6) is 0 Å². The third-order valence-corrected chi connectivity index (χ3v) is 7.09. The zero-order valence-electron chi connectivity index (χ0n) is 19.4. The monoisotopic (exact) mass is 453 g/mol. The first-order valence-corrected chi connectivity index (χ1v) is 11.8. The van der Waals surface area contributed by atoms with Crippen molar-refractivity contribution in [2.75, 3.05) is 6.54 Å². The fourth-order valence-corrected chi connectivity index (χ4v) is 4.79. The van der Waals surface area contributed by atoms with Crippen molar-refractivity contribution < 1.29 is 24.0 Å². The molecule has 0 unspecified atom stereocenters. The van der Waals surface area contributed by atoms with Crippen LogP contribution >= 0.6 is 0 Å². The number of nitrogens with zero attached hydrogens (tertiary/aromatic N) is 3. The molecule has 33 heavy (non-hydrogen) atoms. The van der Waals surface area contributed by atoms with E-state index in [4.69, 9.17) is 14.4 Å². The smallest absolute Gasteiger partial charge is 0.410 e. The summed E-state index contributed by atoms with van der Waals surface area (Å²) in [6, 6.07) is 10.4. The van der Waals surface area contributed by atoms with E-state index in [2.05, 4.69) is 22.3 Å². The van der Waals surface area contributed by atoms with Gasteiger partial charge in [0, 0.05) is 24.4 Å². The Hall–Kier alpha value is -2.90. The first-order chi connectivity index (χ1) is 15.7. The summed E-state index contributed by atoms with van der Waals surface area (Å²) in [7, 11) is 0. The second-order valence-corrected chi connectivity index (χ2v) is 10.9. The molecule has 1 aromatic heterocycles. The Morgan fingerprint density at radius 3 is 2.48 bits per heavy atom. The number of ether oxygens (including phenoxy) is 1. The van der Waals surface area contributed by atoms with E-state index in [1.807, 2.05) is 43.9 Å². The lowest BCUT2D eigenvalue weighted by atomic mass is 9.75. The quantitative estimate of drug-likeness (QED) is 0.659. The number of carboxylic acid groups (broad SMARTS) is 1. The number of aliphatic carboxylic acids is 1. The van der Waals surface area contributed by atoms with Gasteiger partial charge in [-0.2, -0.15) is 4.98 Å². The second kappa shape index (κ2) is 7.85. The predicted octanol–water partition coefficient (Wildman–Crippen LogP) is 4.47. The highest BCUT2D eigenvalue weighted by Gasteiger charge is 2.55. The van der Waals surface area contributed by atoms with Crippen molar-refractivity contribution in [3.63, 3.8) is 0 Å². The van der Waals surface area contributed by atoms with Crippen LogP contribution < -0.4 is 0 Å². The summed E-state index contributed by atoms with van der Waals surface area (Å²) in [4.78, 5) is 30.8. The predicted molar refractivity (Wildman–Crippen MR) is 119 cm³/mol. The van der Waals surface area contributed by atoms with Crippen LogP contribution in [0.25, 0.3) is 0 Å². The third-order valence-electron chi connectivity index (χ3n) is 7.09. The Morgan fingerprint density at radius 2 is 1.88 bits per heavy atom. The van der Waals surface area contributed by atoms with Crippen LogP contribution in [0, 0.1) is 5.92 Å². The minimum atomic E-state index is -0.768. The van der Waals surface area contributed by atoms with Gasteiger partial charge in [-0.25, -0.2) is 4.79 Å². The molecule has 2 atom stereocenters. The molecule has 3 aliphatic rings. The van der Waals surface area contributed by atoms with Gasteiger partial charge >= 0.3 is 12.1 Å². The molecule has 0 aliphatic heterocycles. The van der Waals surface area contributed by atoms with E-state index >= 15 is 0 Å². The van der Waals surface area contributed by atoms with E-state index < -0.39 is 11.6 Å². The van der Waals surface area contributed by atoms with Crippen LogP contribution in [0.2, 0.25) is 0 Å². The molecule has 0 bridgehead atoms. The highest BCUT2D eigenvalue weighted by Crippen LogP contribution is 2.52. The number of carbonyl (C=O) groups excluding carboxylic acids is 1. The highest BCUT2D eigenvalue weighted by atomic mass is 16.6. The maximum atomic E-state index is 13.2. The fraction of sp³-hybridized carbons (Fsp3) is 0.600. The number of hydrogen-bond acceptors (Lipinski definition) is 6. The molecule has 3 fully saturated rings. The zero-order chi connectivity index (χ0) is 23.4. The van der Waals surface area contributed by atoms with Crippen LogP contribution in [0.1, 0.15) is 82.0 Å². The van der Waals surface area contributed by atoms with E-state index in [1.54, 1.807) is 0 Å². The molecular weight excluding hydrogens is 422 g/mol. The van der Waals surface area contributed by atoms with Crippen molar-refractivity contribution in [1.29, 1.82) is 0 Å². The number of rotatable bonds is 7. The Labute approximate surface area is 193 Å². The summed E-state index contributed by atoms with van der Waals surface area (Å²) < 4.78 is 11.3. The van der Waals surface area contributed by atoms with Gasteiger partial charge < -0.3 is 19.3 Å². The Kier molecular flexibility index (Phi) is 5.21. The van der Waals surface area contributed by atoms with Gasteiger partial charge in [-0.1, -0.05) is 35.5 Å². The molecule has 0 radical (unpaired) electrons. The molecule has 1 N–H and O–H groups in total. The van der Waals surface area contributed by atoms with Crippen LogP contribution in [-0.2, 0) is 14.9 Å². The molecule has 1 aromatic carbocycles. The molecule has 3 aliphatic carbocycles. The maximum absolute atomic E-state index is 13.2. The first kappa shape index (κ1) is 21.9. The van der Waals surface area contributed by atoms with Gasteiger partial charge in [0.05, 0.1) is 11.3 Å². The molecule has 0 saturated heterocycles. The summed E-state index contributed by atoms with van der Waals surface area (Å²) in [5, 5.41) is 13.4. The van der Waals surface area contributed by atoms with Crippen molar-refractivity contribution in [1.82, 2.24) is 15.0 Å². The fourth-order valence-electron chi connectivity index (χ4n) is 4.79. The Bertz CT molecular complexity index is 1030. The van der Waals surface area contributed by atoms with Gasteiger partial charge in [-0.05, 0) is 58.4 Å². The van der Waals surface area contributed by atoms with Crippen molar-refractivity contribution >= 4 is 12.1 Å². The van der Waals surface area contributed by atoms with Crippen molar-refractivity contribution in [3.05, 3.63) is 47.6 Å². The van der Waals surface area contributed by atoms with Gasteiger partial charge in [0.15, 0.2) is 5.82 Å². The number of carboxylic acids is 1. The maximum Gasteiger partial charge on any atom is 0.410 e. The molecule has 1 amide bonds. The summed E-state index contributed by atoms with van der Waals surface area (Å²) in [5.74, 6) is 0.366. The van der Waals surface area contributed by atoms with Gasteiger partial charge in [0.1, 0.15) is 5.60 Å². The second-order valence-electron chi connectivity index (χ2n) is 10.9. The summed E-state index contributed by atoms with van der Waals surface area (Å²) in [5.41, 5.74) is 0.340. The lowest BCUT2D eigenvalue weighted by Crippen LogP contribution is -2.43. The third kappa shape index (κ3) is 4.48. The minimum Gasteiger partial charge on any atom is -0.481 e. The number of benzene rings is 1. The van der Waals surface area contributed by atoms with E-state index in [9.17, 15) is 9.59 Å². The molecule has 8 nitrogen and oxygen atoms in total. The number of carbonyl (C=O) groups is 2. The SMILES string of the molecule is CC(C)(C)OC(=O)N(CC1(c2noc(C3CC(C(=O)O)C3)n2)CC1)[C@H]1C[C@@H]1c1ccccc1. The van der Waals surface area contributed by atoms with Gasteiger partial charge in [-0.15, -0.1) is 0 Å². The summed E-state index contributed by atoms with van der Waals surface area (Å²) in [6.45, 7) is 6.14. The summed E-state index contributed by atoms with van der Waals surface area (Å²) >= 11 is 0. The normalized spacial score (nSPS) is 27.4. The van der Waals surface area contributed by atoms with E-state index in [0.29, 0.717) is 37.0 Å². The molecule has 0 spiro atoms. The topological polar surface area (TPSA) is 106 Å². The standard InChI is InChI=1S/C25H31N3O5/c1-24(2,3)32-23(31)28(19-13-18(19)15-7-5-4-6-8-15)14-25(9-10-25)22-26-20(33-27-22)16-11-17(12-16)21(29)30/h4-8,16-19H,9-14H2,1-3H3,(H,29,30)/t16?,17?,18-,19+/m1/s1. The summed E-state index contributed by atoms with van der Waals surface area (Å²) in [6.07, 6.45) is 3.45. The number of aromatic nitrogens is 2. The first-order valence-electron chi connectivity index (χ1n) is 11.8. The molecule has 1 heterocycles. The van der Waals surface area contributed by atoms with Crippen LogP contribution in [0.15, 0.2) is 34.9 Å². The van der Waals surface area contributed by atoms with Crippen LogP contribution in [0.4, 0.5) is 4.79 Å². The van der Waals surface area contributed by atoms with Gasteiger partial charge in [0.2, 0.25) is 5.89 Å². The largest absolute Gasteiger partial charge is 0.481 e. The van der Waals surface area contributed by atoms with Crippen LogP contribution in [-0.4, -0.2) is 50.4 Å².